The van der Waals surface area contributed by atoms with Gasteiger partial charge in [-0.3, -0.25) is 0 Å². The van der Waals surface area contributed by atoms with E-state index in [1.54, 1.807) is 11.1 Å². The summed E-state index contributed by atoms with van der Waals surface area (Å²) in [6.45, 7) is 0. The molecule has 1 N–H and O–H groups in total. The van der Waals surface area contributed by atoms with Crippen molar-refractivity contribution in [3.63, 3.8) is 0 Å². The van der Waals surface area contributed by atoms with Gasteiger partial charge >= 0.3 is 0 Å². The van der Waals surface area contributed by atoms with Crippen molar-refractivity contribution in [2.24, 2.45) is 5.92 Å². The average molecular weight is 283 g/mol. The molecule has 1 aromatic carbocycles. The second-order valence-corrected chi connectivity index (χ2v) is 7.18. The topological polar surface area (TPSA) is 12.0 Å². The molecule has 2 aromatic rings. The number of aryl methyl sites for hydroxylation is 1. The van der Waals surface area contributed by atoms with Gasteiger partial charge in [-0.2, -0.15) is 0 Å². The van der Waals surface area contributed by atoms with Crippen LogP contribution >= 0.6 is 11.3 Å². The Morgan fingerprint density at radius 1 is 1.00 bits per heavy atom. The minimum absolute atomic E-state index is 0.602. The fourth-order valence-corrected chi connectivity index (χ4v) is 4.32. The zero-order valence-corrected chi connectivity index (χ0v) is 12.5. The maximum absolute atomic E-state index is 3.97. The summed E-state index contributed by atoms with van der Waals surface area (Å²) in [5.41, 5.74) is 3.11. The Balaban J connectivity index is 1.49. The Hall–Kier alpha value is -1.12. The zero-order chi connectivity index (χ0) is 13.4. The van der Waals surface area contributed by atoms with Gasteiger partial charge in [-0.05, 0) is 60.6 Å². The fourth-order valence-electron chi connectivity index (χ4n) is 3.44. The van der Waals surface area contributed by atoms with Crippen LogP contribution in [-0.4, -0.2) is 6.04 Å². The van der Waals surface area contributed by atoms with Crippen LogP contribution in [0.5, 0.6) is 0 Å². The molecular formula is C18H21NS. The van der Waals surface area contributed by atoms with E-state index in [2.05, 4.69) is 47.1 Å². The lowest BCUT2D eigenvalue weighted by molar-refractivity contribution is 0.377. The summed E-state index contributed by atoms with van der Waals surface area (Å²) < 4.78 is 0. The van der Waals surface area contributed by atoms with Gasteiger partial charge in [0.05, 0.1) is 0 Å². The van der Waals surface area contributed by atoms with Crippen molar-refractivity contribution in [1.29, 1.82) is 0 Å². The van der Waals surface area contributed by atoms with Gasteiger partial charge in [-0.25, -0.2) is 0 Å². The molecule has 20 heavy (non-hydrogen) atoms. The number of fused-ring (bicyclic) bond motifs is 1. The molecule has 1 nitrogen and oxygen atoms in total. The monoisotopic (exact) mass is 283 g/mol. The van der Waals surface area contributed by atoms with Gasteiger partial charge < -0.3 is 5.32 Å². The summed E-state index contributed by atoms with van der Waals surface area (Å²) >= 11 is 1.91. The number of rotatable bonds is 4. The van der Waals surface area contributed by atoms with Crippen molar-refractivity contribution in [2.75, 3.05) is 0 Å². The van der Waals surface area contributed by atoms with E-state index in [1.807, 2.05) is 11.3 Å². The Morgan fingerprint density at radius 3 is 2.60 bits per heavy atom. The summed E-state index contributed by atoms with van der Waals surface area (Å²) in [5.74, 6) is 0.880. The van der Waals surface area contributed by atoms with Gasteiger partial charge in [-0.15, -0.1) is 11.3 Å². The van der Waals surface area contributed by atoms with Crippen LogP contribution < -0.4 is 5.32 Å². The molecular weight excluding hydrogens is 262 g/mol. The predicted molar refractivity (Wildman–Crippen MR) is 85.2 cm³/mol. The van der Waals surface area contributed by atoms with Gasteiger partial charge in [-0.1, -0.05) is 30.3 Å². The van der Waals surface area contributed by atoms with Crippen LogP contribution in [0.15, 0.2) is 41.8 Å². The Morgan fingerprint density at radius 2 is 1.85 bits per heavy atom. The molecule has 0 aliphatic heterocycles. The summed E-state index contributed by atoms with van der Waals surface area (Å²) in [6.07, 6.45) is 6.52. The highest BCUT2D eigenvalue weighted by Crippen LogP contribution is 2.43. The van der Waals surface area contributed by atoms with Gasteiger partial charge in [0.25, 0.3) is 0 Å². The van der Waals surface area contributed by atoms with Gasteiger partial charge in [0, 0.05) is 17.0 Å². The van der Waals surface area contributed by atoms with E-state index in [4.69, 9.17) is 0 Å². The normalized spacial score (nSPS) is 23.3. The molecule has 2 aliphatic carbocycles. The molecule has 1 aromatic heterocycles. The van der Waals surface area contributed by atoms with Crippen LogP contribution in [-0.2, 0) is 12.8 Å². The zero-order valence-electron chi connectivity index (χ0n) is 11.7. The van der Waals surface area contributed by atoms with Gasteiger partial charge in [0.2, 0.25) is 0 Å². The Bertz CT molecular complexity index is 571. The third-order valence-corrected chi connectivity index (χ3v) is 5.66. The van der Waals surface area contributed by atoms with Crippen LogP contribution in [0.2, 0.25) is 0 Å². The molecule has 0 amide bonds. The first-order valence-electron chi connectivity index (χ1n) is 7.76. The minimum atomic E-state index is 0.602. The molecule has 4 rings (SSSR count). The summed E-state index contributed by atoms with van der Waals surface area (Å²) in [4.78, 5) is 1.53. The smallest absolute Gasteiger partial charge is 0.0445 e. The van der Waals surface area contributed by atoms with E-state index in [1.165, 1.54) is 37.0 Å². The molecule has 0 spiro atoms. The highest BCUT2D eigenvalue weighted by atomic mass is 32.1. The van der Waals surface area contributed by atoms with Crippen molar-refractivity contribution in [3.05, 3.63) is 57.8 Å². The maximum atomic E-state index is 3.97. The summed E-state index contributed by atoms with van der Waals surface area (Å²) in [7, 11) is 0. The lowest BCUT2D eigenvalue weighted by atomic mass is 9.87. The average Bonchev–Trinajstić information content (AvgIpc) is 3.19. The molecule has 1 fully saturated rings. The summed E-state index contributed by atoms with van der Waals surface area (Å²) in [6, 6.07) is 14.7. The van der Waals surface area contributed by atoms with Crippen LogP contribution in [0.25, 0.3) is 0 Å². The standard InChI is InChI=1S/C18H21NS/c1-2-5-15-12-16(10-9-13(15)4-1)19-18(14-7-8-14)17-6-3-11-20-17/h1-6,11,14,16,18-19H,7-10,12H2. The lowest BCUT2D eigenvalue weighted by Gasteiger charge is -2.29. The maximum Gasteiger partial charge on any atom is 0.0445 e. The van der Waals surface area contributed by atoms with E-state index in [0.717, 1.165) is 5.92 Å². The third kappa shape index (κ3) is 2.55. The SMILES string of the molecule is c1csc(C(NC2CCc3ccccc3C2)C2CC2)c1. The van der Waals surface area contributed by atoms with Crippen molar-refractivity contribution in [3.8, 4) is 0 Å². The molecule has 1 heterocycles. The van der Waals surface area contributed by atoms with Crippen molar-refractivity contribution in [1.82, 2.24) is 5.32 Å². The lowest BCUT2D eigenvalue weighted by Crippen LogP contribution is -2.37. The van der Waals surface area contributed by atoms with E-state index in [0.29, 0.717) is 12.1 Å². The van der Waals surface area contributed by atoms with E-state index in [-0.39, 0.29) is 0 Å². The van der Waals surface area contributed by atoms with E-state index >= 15 is 0 Å². The molecule has 2 unspecified atom stereocenters. The highest BCUT2D eigenvalue weighted by Gasteiger charge is 2.34. The Kier molecular flexibility index (Phi) is 3.37. The van der Waals surface area contributed by atoms with Crippen molar-refractivity contribution < 1.29 is 0 Å². The summed E-state index contributed by atoms with van der Waals surface area (Å²) in [5, 5.41) is 6.18. The largest absolute Gasteiger partial charge is 0.306 e. The minimum Gasteiger partial charge on any atom is -0.306 e. The third-order valence-electron chi connectivity index (χ3n) is 4.71. The van der Waals surface area contributed by atoms with Crippen molar-refractivity contribution >= 4 is 11.3 Å². The second kappa shape index (κ2) is 5.34. The number of hydrogen-bond donors (Lipinski definition) is 1. The van der Waals surface area contributed by atoms with Crippen molar-refractivity contribution in [2.45, 2.75) is 44.2 Å². The second-order valence-electron chi connectivity index (χ2n) is 6.21. The van der Waals surface area contributed by atoms with Crippen LogP contribution in [0.3, 0.4) is 0 Å². The Labute approximate surface area is 125 Å². The molecule has 2 heteroatoms. The number of benzene rings is 1. The van der Waals surface area contributed by atoms with E-state index in [9.17, 15) is 0 Å². The molecule has 2 aliphatic rings. The highest BCUT2D eigenvalue weighted by molar-refractivity contribution is 7.10. The first-order valence-corrected chi connectivity index (χ1v) is 8.64. The molecule has 0 bridgehead atoms. The molecule has 104 valence electrons. The van der Waals surface area contributed by atoms with E-state index < -0.39 is 0 Å². The van der Waals surface area contributed by atoms with Crippen LogP contribution in [0.1, 0.15) is 41.3 Å². The molecule has 0 saturated heterocycles. The predicted octanol–water partition coefficient (Wildman–Crippen LogP) is 4.35. The number of hydrogen-bond acceptors (Lipinski definition) is 2. The number of nitrogens with one attached hydrogen (secondary N) is 1. The molecule has 0 radical (unpaired) electrons. The quantitative estimate of drug-likeness (QED) is 0.880. The van der Waals surface area contributed by atoms with Gasteiger partial charge in [0.1, 0.15) is 0 Å². The number of thiophene rings is 1. The fraction of sp³-hybridized carbons (Fsp3) is 0.444. The van der Waals surface area contributed by atoms with Crippen LogP contribution in [0, 0.1) is 5.92 Å². The molecule has 1 saturated carbocycles. The first-order chi connectivity index (χ1) is 9.90. The van der Waals surface area contributed by atoms with Gasteiger partial charge in [0.15, 0.2) is 0 Å². The van der Waals surface area contributed by atoms with Crippen LogP contribution in [0.4, 0.5) is 0 Å². The molecule has 2 atom stereocenters. The first kappa shape index (κ1) is 12.6.